The smallest absolute Gasteiger partial charge is 0.313 e. The van der Waals surface area contributed by atoms with Crippen LogP contribution in [0, 0.1) is 5.41 Å². The summed E-state index contributed by atoms with van der Waals surface area (Å²) in [4.78, 5) is 26.8. The second kappa shape index (κ2) is 11.5. The second-order valence-corrected chi connectivity index (χ2v) is 9.04. The van der Waals surface area contributed by atoms with Crippen LogP contribution in [0.2, 0.25) is 5.02 Å². The number of carbonyl (C=O) groups excluding carboxylic acids is 2. The highest BCUT2D eigenvalue weighted by atomic mass is 35.5. The maximum Gasteiger partial charge on any atom is 0.313 e. The van der Waals surface area contributed by atoms with E-state index in [1.165, 1.54) is 14.0 Å². The van der Waals surface area contributed by atoms with E-state index in [4.69, 9.17) is 21.1 Å². The third-order valence-electron chi connectivity index (χ3n) is 6.15. The summed E-state index contributed by atoms with van der Waals surface area (Å²) < 4.78 is 10.8. The number of esters is 2. The van der Waals surface area contributed by atoms with Gasteiger partial charge in [0.15, 0.2) is 0 Å². The van der Waals surface area contributed by atoms with Crippen molar-refractivity contribution in [1.82, 2.24) is 4.90 Å². The number of benzene rings is 2. The Morgan fingerprint density at radius 3 is 2.50 bits per heavy atom. The molecule has 0 N–H and O–H groups in total. The van der Waals surface area contributed by atoms with Gasteiger partial charge in [0.1, 0.15) is 6.10 Å². The monoisotopic (exact) mass is 457 g/mol. The van der Waals surface area contributed by atoms with Crippen LogP contribution in [0.25, 0.3) is 0 Å². The van der Waals surface area contributed by atoms with Crippen molar-refractivity contribution in [3.8, 4) is 0 Å². The number of piperidine rings is 1. The number of ether oxygens (including phenoxy) is 2. The Morgan fingerprint density at radius 1 is 1.12 bits per heavy atom. The van der Waals surface area contributed by atoms with Crippen LogP contribution < -0.4 is 0 Å². The molecule has 2 aromatic rings. The van der Waals surface area contributed by atoms with Crippen LogP contribution in [-0.2, 0) is 25.5 Å². The fraction of sp³-hybridized carbons (Fsp3) is 0.462. The van der Waals surface area contributed by atoms with Gasteiger partial charge < -0.3 is 14.4 Å². The Kier molecular flexibility index (Phi) is 8.71. The summed E-state index contributed by atoms with van der Waals surface area (Å²) in [5, 5.41) is 0.687. The molecule has 3 rings (SSSR count). The molecule has 0 bridgehead atoms. The minimum absolute atomic E-state index is 0.153. The van der Waals surface area contributed by atoms with Crippen LogP contribution in [0.15, 0.2) is 54.6 Å². The fourth-order valence-electron chi connectivity index (χ4n) is 4.67. The van der Waals surface area contributed by atoms with Crippen molar-refractivity contribution in [2.45, 2.75) is 45.1 Å². The Hall–Kier alpha value is -2.37. The lowest BCUT2D eigenvalue weighted by molar-refractivity contribution is -0.156. The second-order valence-electron chi connectivity index (χ2n) is 8.61. The molecular weight excluding hydrogens is 426 g/mol. The molecule has 32 heavy (non-hydrogen) atoms. The molecule has 1 fully saturated rings. The quantitative estimate of drug-likeness (QED) is 0.483. The van der Waals surface area contributed by atoms with E-state index in [0.717, 1.165) is 49.9 Å². The molecular formula is C26H32ClNO4. The molecule has 6 heteroatoms. The van der Waals surface area contributed by atoms with Gasteiger partial charge in [0.25, 0.3) is 0 Å². The summed E-state index contributed by atoms with van der Waals surface area (Å²) in [6.07, 6.45) is 3.73. The van der Waals surface area contributed by atoms with Gasteiger partial charge in [-0.25, -0.2) is 0 Å². The van der Waals surface area contributed by atoms with Crippen molar-refractivity contribution in [2.75, 3.05) is 26.7 Å². The van der Waals surface area contributed by atoms with Gasteiger partial charge in [-0.2, -0.15) is 0 Å². The maximum absolute atomic E-state index is 12.9. The Labute approximate surface area is 195 Å². The lowest BCUT2D eigenvalue weighted by atomic mass is 9.75. The lowest BCUT2D eigenvalue weighted by Gasteiger charge is -2.41. The van der Waals surface area contributed by atoms with Crippen LogP contribution >= 0.6 is 11.6 Å². The number of likely N-dealkylation sites (tertiary alicyclic amines) is 1. The molecule has 0 aliphatic carbocycles. The number of rotatable bonds is 9. The van der Waals surface area contributed by atoms with Crippen molar-refractivity contribution >= 4 is 23.5 Å². The molecule has 0 spiro atoms. The third-order valence-corrected chi connectivity index (χ3v) is 6.40. The average Bonchev–Trinajstić information content (AvgIpc) is 2.80. The summed E-state index contributed by atoms with van der Waals surface area (Å²) in [7, 11) is 1.47. The summed E-state index contributed by atoms with van der Waals surface area (Å²) >= 11 is 6.03. The van der Waals surface area contributed by atoms with E-state index in [1.807, 2.05) is 54.6 Å². The normalized spacial score (nSPS) is 19.8. The molecule has 5 nitrogen and oxygen atoms in total. The molecule has 0 saturated carbocycles. The van der Waals surface area contributed by atoms with Gasteiger partial charge in [0, 0.05) is 18.5 Å². The van der Waals surface area contributed by atoms with Crippen molar-refractivity contribution in [2.24, 2.45) is 5.41 Å². The number of nitrogens with zero attached hydrogens (tertiary/aromatic N) is 1. The van der Waals surface area contributed by atoms with Crippen LogP contribution in [-0.4, -0.2) is 43.6 Å². The van der Waals surface area contributed by atoms with E-state index in [9.17, 15) is 9.59 Å². The zero-order valence-corrected chi connectivity index (χ0v) is 19.6. The topological polar surface area (TPSA) is 55.8 Å². The van der Waals surface area contributed by atoms with Crippen LogP contribution in [0.1, 0.15) is 49.8 Å². The highest BCUT2D eigenvalue weighted by Gasteiger charge is 2.43. The number of halogens is 1. The summed E-state index contributed by atoms with van der Waals surface area (Å²) in [6, 6.07) is 17.5. The summed E-state index contributed by atoms with van der Waals surface area (Å²) in [5.41, 5.74) is 1.53. The van der Waals surface area contributed by atoms with E-state index in [0.29, 0.717) is 18.0 Å². The first-order valence-electron chi connectivity index (χ1n) is 11.2. The molecule has 0 aromatic heterocycles. The first kappa shape index (κ1) is 24.3. The molecule has 1 aliphatic rings. The molecule has 0 amide bonds. The van der Waals surface area contributed by atoms with E-state index in [-0.39, 0.29) is 18.0 Å². The molecule has 1 heterocycles. The predicted octanol–water partition coefficient (Wildman–Crippen LogP) is 5.22. The third kappa shape index (κ3) is 6.57. The zero-order chi connectivity index (χ0) is 23.0. The first-order valence-corrected chi connectivity index (χ1v) is 11.6. The largest absolute Gasteiger partial charge is 0.469 e. The summed E-state index contributed by atoms with van der Waals surface area (Å²) in [6.45, 7) is 3.89. The molecule has 1 aliphatic heterocycles. The fourth-order valence-corrected chi connectivity index (χ4v) is 4.80. The number of hydrogen-bond donors (Lipinski definition) is 0. The van der Waals surface area contributed by atoms with Crippen LogP contribution in [0.3, 0.4) is 0 Å². The summed E-state index contributed by atoms with van der Waals surface area (Å²) in [5.74, 6) is -0.427. The van der Waals surface area contributed by atoms with Gasteiger partial charge in [0.2, 0.25) is 0 Å². The van der Waals surface area contributed by atoms with Crippen LogP contribution in [0.4, 0.5) is 0 Å². The SMILES string of the molecule is COC(=O)C1(Cc2ccc(Cl)cc2)CCCN(CCCC(OC(C)=O)c2ccccc2)C1. The Morgan fingerprint density at radius 2 is 1.84 bits per heavy atom. The zero-order valence-electron chi connectivity index (χ0n) is 18.9. The van der Waals surface area contributed by atoms with E-state index >= 15 is 0 Å². The highest BCUT2D eigenvalue weighted by molar-refractivity contribution is 6.30. The maximum atomic E-state index is 12.9. The molecule has 0 radical (unpaired) electrons. The lowest BCUT2D eigenvalue weighted by Crippen LogP contribution is -2.49. The van der Waals surface area contributed by atoms with E-state index in [2.05, 4.69) is 4.90 Å². The van der Waals surface area contributed by atoms with Gasteiger partial charge in [-0.05, 0) is 68.5 Å². The molecule has 2 aromatic carbocycles. The van der Waals surface area contributed by atoms with Gasteiger partial charge in [-0.15, -0.1) is 0 Å². The van der Waals surface area contributed by atoms with Crippen LogP contribution in [0.5, 0.6) is 0 Å². The standard InChI is InChI=1S/C26H32ClNO4/c1-20(29)32-24(22-8-4-3-5-9-22)10-6-16-28-17-7-15-26(19-28,25(30)31-2)18-21-11-13-23(27)14-12-21/h3-5,8-9,11-14,24H,6-7,10,15-19H2,1-2H3. The van der Waals surface area contributed by atoms with Gasteiger partial charge in [-0.3, -0.25) is 9.59 Å². The van der Waals surface area contributed by atoms with Crippen molar-refractivity contribution in [3.05, 3.63) is 70.7 Å². The van der Waals surface area contributed by atoms with E-state index < -0.39 is 5.41 Å². The van der Waals surface area contributed by atoms with Crippen molar-refractivity contribution in [1.29, 1.82) is 0 Å². The first-order chi connectivity index (χ1) is 15.4. The highest BCUT2D eigenvalue weighted by Crippen LogP contribution is 2.36. The van der Waals surface area contributed by atoms with Gasteiger partial charge in [-0.1, -0.05) is 54.1 Å². The molecule has 2 unspecified atom stereocenters. The molecule has 172 valence electrons. The van der Waals surface area contributed by atoms with Crippen molar-refractivity contribution in [3.63, 3.8) is 0 Å². The minimum atomic E-state index is -0.560. The molecule has 2 atom stereocenters. The number of carbonyl (C=O) groups is 2. The number of methoxy groups -OCH3 is 1. The Bertz CT molecular complexity index is 886. The average molecular weight is 458 g/mol. The van der Waals surface area contributed by atoms with E-state index in [1.54, 1.807) is 0 Å². The predicted molar refractivity (Wildman–Crippen MR) is 125 cm³/mol. The van der Waals surface area contributed by atoms with Crippen molar-refractivity contribution < 1.29 is 19.1 Å². The van der Waals surface area contributed by atoms with Gasteiger partial charge >= 0.3 is 11.9 Å². The number of hydrogen-bond acceptors (Lipinski definition) is 5. The Balaban J connectivity index is 1.64. The molecule has 1 saturated heterocycles. The minimum Gasteiger partial charge on any atom is -0.469 e. The van der Waals surface area contributed by atoms with Gasteiger partial charge in [0.05, 0.1) is 12.5 Å².